The van der Waals surface area contributed by atoms with Gasteiger partial charge < -0.3 is 5.32 Å². The third kappa shape index (κ3) is 3.01. The van der Waals surface area contributed by atoms with Crippen molar-refractivity contribution >= 4 is 17.6 Å². The first kappa shape index (κ1) is 13.7. The maximum absolute atomic E-state index is 4.59. The first-order chi connectivity index (χ1) is 9.15. The highest BCUT2D eigenvalue weighted by Gasteiger charge is 2.14. The molecule has 0 bridgehead atoms. The Morgan fingerprint density at radius 1 is 1.32 bits per heavy atom. The second kappa shape index (κ2) is 5.96. The fourth-order valence-electron chi connectivity index (χ4n) is 1.61. The summed E-state index contributed by atoms with van der Waals surface area (Å²) >= 11 is 1.45. The van der Waals surface area contributed by atoms with Gasteiger partial charge in [-0.3, -0.25) is 0 Å². The predicted octanol–water partition coefficient (Wildman–Crippen LogP) is 1.45. The minimum atomic E-state index is 0.714. The second-order valence-corrected chi connectivity index (χ2v) is 5.06. The molecule has 0 aliphatic rings. The first-order valence-corrected chi connectivity index (χ1v) is 6.92. The zero-order valence-electron chi connectivity index (χ0n) is 11.5. The molecule has 0 aromatic carbocycles. The van der Waals surface area contributed by atoms with Crippen LogP contribution >= 0.6 is 11.8 Å². The lowest BCUT2D eigenvalue weighted by Crippen LogP contribution is -2.05. The van der Waals surface area contributed by atoms with E-state index >= 15 is 0 Å². The molecule has 0 aliphatic carbocycles. The summed E-state index contributed by atoms with van der Waals surface area (Å²) in [5.41, 5.74) is 1.01. The number of anilines is 1. The van der Waals surface area contributed by atoms with Gasteiger partial charge in [0, 0.05) is 26.1 Å². The summed E-state index contributed by atoms with van der Waals surface area (Å²) in [6.45, 7) is 4.11. The summed E-state index contributed by atoms with van der Waals surface area (Å²) in [6.07, 6.45) is 1.88. The quantitative estimate of drug-likeness (QED) is 0.829. The summed E-state index contributed by atoms with van der Waals surface area (Å²) < 4.78 is 1.63. The largest absolute Gasteiger partial charge is 0.373 e. The van der Waals surface area contributed by atoms with Gasteiger partial charge in [-0.05, 0) is 35.5 Å². The van der Waals surface area contributed by atoms with E-state index in [4.69, 9.17) is 0 Å². The Balaban J connectivity index is 2.37. The Morgan fingerprint density at radius 3 is 2.68 bits per heavy atom. The summed E-state index contributed by atoms with van der Waals surface area (Å²) in [7, 11) is 3.67. The zero-order valence-corrected chi connectivity index (χ0v) is 12.3. The van der Waals surface area contributed by atoms with Gasteiger partial charge in [-0.1, -0.05) is 6.92 Å². The third-order valence-corrected chi connectivity index (χ3v) is 3.75. The maximum atomic E-state index is 4.59. The van der Waals surface area contributed by atoms with Crippen LogP contribution in [0.2, 0.25) is 0 Å². The monoisotopic (exact) mass is 279 g/mol. The molecule has 0 atom stereocenters. The van der Waals surface area contributed by atoms with Crippen LogP contribution in [-0.4, -0.2) is 37.2 Å². The Kier molecular flexibility index (Phi) is 4.31. The molecule has 0 aliphatic heterocycles. The van der Waals surface area contributed by atoms with Crippen molar-refractivity contribution in [3.63, 3.8) is 0 Å². The molecule has 0 radical (unpaired) electrons. The van der Waals surface area contributed by atoms with Crippen LogP contribution in [-0.2, 0) is 13.5 Å². The normalized spacial score (nSPS) is 10.7. The molecule has 2 aromatic heterocycles. The fourth-order valence-corrected chi connectivity index (χ4v) is 2.43. The number of rotatable bonds is 5. The Labute approximate surface area is 116 Å². The van der Waals surface area contributed by atoms with Crippen molar-refractivity contribution in [2.45, 2.75) is 36.9 Å². The van der Waals surface area contributed by atoms with Gasteiger partial charge in [0.1, 0.15) is 16.7 Å². The van der Waals surface area contributed by atoms with Gasteiger partial charge in [0.2, 0.25) is 5.16 Å². The van der Waals surface area contributed by atoms with Crippen molar-refractivity contribution in [3.8, 4) is 0 Å². The van der Waals surface area contributed by atoms with E-state index in [-0.39, 0.29) is 0 Å². The Morgan fingerprint density at radius 2 is 2.11 bits per heavy atom. The van der Waals surface area contributed by atoms with E-state index in [0.717, 1.165) is 35.1 Å². The SMILES string of the molecule is CCCc1nc(NC)c(C)c(Sc2nnnn2C)n1. The second-order valence-electron chi connectivity index (χ2n) is 4.11. The van der Waals surface area contributed by atoms with Crippen molar-refractivity contribution in [2.75, 3.05) is 12.4 Å². The Hall–Kier alpha value is -1.70. The lowest BCUT2D eigenvalue weighted by molar-refractivity contribution is 0.664. The molecular weight excluding hydrogens is 262 g/mol. The van der Waals surface area contributed by atoms with E-state index < -0.39 is 0 Å². The van der Waals surface area contributed by atoms with Crippen LogP contribution in [0.15, 0.2) is 10.2 Å². The van der Waals surface area contributed by atoms with E-state index in [1.54, 1.807) is 4.68 Å². The summed E-state index contributed by atoms with van der Waals surface area (Å²) in [6, 6.07) is 0. The molecular formula is C11H17N7S. The number of aryl methyl sites for hydroxylation is 2. The number of hydrogen-bond donors (Lipinski definition) is 1. The standard InChI is InChI=1S/C11H17N7S/c1-5-6-8-13-9(12-3)7(2)10(14-8)19-11-15-16-17-18(11)4/h5-6H2,1-4H3,(H,12,13,14). The van der Waals surface area contributed by atoms with Crippen molar-refractivity contribution in [3.05, 3.63) is 11.4 Å². The van der Waals surface area contributed by atoms with Gasteiger partial charge in [-0.15, -0.1) is 5.10 Å². The van der Waals surface area contributed by atoms with E-state index in [9.17, 15) is 0 Å². The van der Waals surface area contributed by atoms with E-state index in [2.05, 4.69) is 37.7 Å². The summed E-state index contributed by atoms with van der Waals surface area (Å²) in [4.78, 5) is 9.09. The molecule has 0 fully saturated rings. The minimum Gasteiger partial charge on any atom is -0.373 e. The lowest BCUT2D eigenvalue weighted by Gasteiger charge is -2.10. The number of nitrogens with zero attached hydrogens (tertiary/aromatic N) is 6. The van der Waals surface area contributed by atoms with Crippen LogP contribution in [0, 0.1) is 6.92 Å². The maximum Gasteiger partial charge on any atom is 0.215 e. The number of tetrazole rings is 1. The topological polar surface area (TPSA) is 81.4 Å². The van der Waals surface area contributed by atoms with Gasteiger partial charge in [0.15, 0.2) is 0 Å². The van der Waals surface area contributed by atoms with Crippen LogP contribution in [0.3, 0.4) is 0 Å². The van der Waals surface area contributed by atoms with Crippen LogP contribution in [0.25, 0.3) is 0 Å². The molecule has 102 valence electrons. The highest BCUT2D eigenvalue weighted by atomic mass is 32.2. The van der Waals surface area contributed by atoms with Crippen LogP contribution < -0.4 is 5.32 Å². The van der Waals surface area contributed by atoms with E-state index in [1.165, 1.54) is 11.8 Å². The molecule has 0 saturated heterocycles. The summed E-state index contributed by atoms with van der Waals surface area (Å²) in [5.74, 6) is 1.70. The highest BCUT2D eigenvalue weighted by Crippen LogP contribution is 2.29. The smallest absolute Gasteiger partial charge is 0.215 e. The van der Waals surface area contributed by atoms with Crippen LogP contribution in [0.4, 0.5) is 5.82 Å². The van der Waals surface area contributed by atoms with Gasteiger partial charge >= 0.3 is 0 Å². The Bertz CT molecular complexity index is 566. The number of hydrogen-bond acceptors (Lipinski definition) is 7. The van der Waals surface area contributed by atoms with Crippen LogP contribution in [0.5, 0.6) is 0 Å². The molecule has 0 spiro atoms. The van der Waals surface area contributed by atoms with E-state index in [1.807, 2.05) is 21.0 Å². The zero-order chi connectivity index (χ0) is 13.8. The molecule has 2 rings (SSSR count). The first-order valence-electron chi connectivity index (χ1n) is 6.11. The highest BCUT2D eigenvalue weighted by molar-refractivity contribution is 7.99. The van der Waals surface area contributed by atoms with E-state index in [0.29, 0.717) is 5.16 Å². The van der Waals surface area contributed by atoms with Gasteiger partial charge in [0.05, 0.1) is 0 Å². The van der Waals surface area contributed by atoms with Crippen LogP contribution in [0.1, 0.15) is 24.7 Å². The summed E-state index contributed by atoms with van der Waals surface area (Å²) in [5, 5.41) is 16.1. The van der Waals surface area contributed by atoms with Crippen molar-refractivity contribution in [1.29, 1.82) is 0 Å². The molecule has 8 heteroatoms. The third-order valence-electron chi connectivity index (χ3n) is 2.63. The van der Waals surface area contributed by atoms with Gasteiger partial charge in [-0.2, -0.15) is 0 Å². The minimum absolute atomic E-state index is 0.714. The van der Waals surface area contributed by atoms with Gasteiger partial charge in [-0.25, -0.2) is 14.6 Å². The fraction of sp³-hybridized carbons (Fsp3) is 0.545. The van der Waals surface area contributed by atoms with Crippen molar-refractivity contribution in [2.24, 2.45) is 7.05 Å². The molecule has 0 amide bonds. The van der Waals surface area contributed by atoms with Gasteiger partial charge in [0.25, 0.3) is 0 Å². The molecule has 7 nitrogen and oxygen atoms in total. The number of aromatic nitrogens is 6. The number of nitrogens with one attached hydrogen (secondary N) is 1. The molecule has 1 N–H and O–H groups in total. The molecule has 2 heterocycles. The molecule has 0 saturated carbocycles. The lowest BCUT2D eigenvalue weighted by atomic mass is 10.3. The predicted molar refractivity (Wildman–Crippen MR) is 73.2 cm³/mol. The average molecular weight is 279 g/mol. The molecule has 2 aromatic rings. The average Bonchev–Trinajstić information content (AvgIpc) is 2.79. The van der Waals surface area contributed by atoms with Crippen molar-refractivity contribution < 1.29 is 0 Å². The molecule has 0 unspecified atom stereocenters. The van der Waals surface area contributed by atoms with Crippen molar-refractivity contribution in [1.82, 2.24) is 30.2 Å². The molecule has 19 heavy (non-hydrogen) atoms.